The number of hydrogen-bond donors (Lipinski definition) is 4. The van der Waals surface area contributed by atoms with Gasteiger partial charge in [0.25, 0.3) is 11.9 Å². The van der Waals surface area contributed by atoms with Crippen molar-refractivity contribution in [2.24, 2.45) is 5.73 Å². The smallest absolute Gasteiger partial charge is 0.300 e. The maximum Gasteiger partial charge on any atom is 0.300 e. The molecule has 0 saturated heterocycles. The normalized spacial score (nSPS) is 11.0. The summed E-state index contributed by atoms with van der Waals surface area (Å²) in [5.41, 5.74) is 5.83. The molecule has 0 aliphatic heterocycles. The minimum atomic E-state index is -0.833. The molecule has 6 heteroatoms. The van der Waals surface area contributed by atoms with Crippen molar-refractivity contribution in [3.63, 3.8) is 0 Å². The summed E-state index contributed by atoms with van der Waals surface area (Å²) in [6.07, 6.45) is 24.1. The van der Waals surface area contributed by atoms with Crippen LogP contribution < -0.4 is 11.1 Å². The van der Waals surface area contributed by atoms with Gasteiger partial charge in [-0.1, -0.05) is 110 Å². The predicted molar refractivity (Wildman–Crippen MR) is 132 cm³/mol. The fraction of sp³-hybridized carbons (Fsp3) is 0.920. The van der Waals surface area contributed by atoms with Crippen molar-refractivity contribution in [2.75, 3.05) is 6.54 Å². The van der Waals surface area contributed by atoms with E-state index in [2.05, 4.69) is 19.2 Å². The molecule has 0 aliphatic rings. The van der Waals surface area contributed by atoms with Crippen LogP contribution in [0.5, 0.6) is 0 Å². The third-order valence-corrected chi connectivity index (χ3v) is 4.88. The first-order chi connectivity index (χ1) is 14.8. The molecule has 5 N–H and O–H groups in total. The lowest BCUT2D eigenvalue weighted by Crippen LogP contribution is -2.37. The number of rotatable bonds is 19. The van der Waals surface area contributed by atoms with Crippen LogP contribution in [0.4, 0.5) is 0 Å². The van der Waals surface area contributed by atoms with Crippen LogP contribution in [0.1, 0.15) is 137 Å². The zero-order valence-electron chi connectivity index (χ0n) is 21.1. The lowest BCUT2D eigenvalue weighted by molar-refractivity contribution is -0.135. The second-order valence-electron chi connectivity index (χ2n) is 8.31. The van der Waals surface area contributed by atoms with E-state index in [1.807, 2.05) is 0 Å². The first-order valence-corrected chi connectivity index (χ1v) is 12.7. The molecule has 1 atom stereocenters. The molecule has 0 aromatic heterocycles. The molecule has 0 spiro atoms. The van der Waals surface area contributed by atoms with Gasteiger partial charge in [0, 0.05) is 13.8 Å². The topological polar surface area (TPSA) is 113 Å². The van der Waals surface area contributed by atoms with Crippen LogP contribution in [0.2, 0.25) is 0 Å². The molecule has 0 aromatic carbocycles. The molecule has 0 aromatic rings. The summed E-state index contributed by atoms with van der Waals surface area (Å²) in [4.78, 5) is 18.0. The van der Waals surface area contributed by atoms with Gasteiger partial charge in [0.15, 0.2) is 0 Å². The number of nitrogens with two attached hydrogens (primary N) is 1. The maximum absolute atomic E-state index is 9.00. The first kappa shape index (κ1) is 34.5. The summed E-state index contributed by atoms with van der Waals surface area (Å²) in [6.45, 7) is 7.68. The van der Waals surface area contributed by atoms with Crippen LogP contribution >= 0.6 is 0 Å². The van der Waals surface area contributed by atoms with Crippen LogP contribution in [0, 0.1) is 0 Å². The van der Waals surface area contributed by atoms with Crippen molar-refractivity contribution in [3.8, 4) is 0 Å². The van der Waals surface area contributed by atoms with E-state index in [1.54, 1.807) is 0 Å². The van der Waals surface area contributed by atoms with Gasteiger partial charge in [0.1, 0.15) is 0 Å². The molecule has 0 bridgehead atoms. The molecule has 188 valence electrons. The Labute approximate surface area is 192 Å². The highest BCUT2D eigenvalue weighted by Crippen LogP contribution is 2.13. The summed E-state index contributed by atoms with van der Waals surface area (Å²) in [5, 5.41) is 18.2. The van der Waals surface area contributed by atoms with E-state index in [1.165, 1.54) is 103 Å². The van der Waals surface area contributed by atoms with Gasteiger partial charge in [-0.05, 0) is 19.4 Å². The van der Waals surface area contributed by atoms with Gasteiger partial charge in [-0.15, -0.1) is 0 Å². The number of nitrogens with one attached hydrogen (secondary N) is 1. The quantitative estimate of drug-likeness (QED) is 0.129. The van der Waals surface area contributed by atoms with Crippen molar-refractivity contribution in [3.05, 3.63) is 0 Å². The minimum Gasteiger partial charge on any atom is -0.481 e. The lowest BCUT2D eigenvalue weighted by atomic mass is 10.0. The Bertz CT molecular complexity index is 345. The summed E-state index contributed by atoms with van der Waals surface area (Å²) in [6, 6.07) is 0. The van der Waals surface area contributed by atoms with E-state index in [0.717, 1.165) is 26.8 Å². The number of aliphatic carboxylic acids is 2. The number of carboxylic acids is 2. The zero-order valence-corrected chi connectivity index (χ0v) is 21.1. The Balaban J connectivity index is -0.000000832. The van der Waals surface area contributed by atoms with Crippen molar-refractivity contribution in [1.82, 2.24) is 5.32 Å². The highest BCUT2D eigenvalue weighted by atomic mass is 16.4. The molecule has 0 rings (SSSR count). The van der Waals surface area contributed by atoms with Gasteiger partial charge in [0.05, 0.1) is 6.17 Å². The van der Waals surface area contributed by atoms with E-state index in [4.69, 9.17) is 25.5 Å². The van der Waals surface area contributed by atoms with E-state index in [0.29, 0.717) is 0 Å². The lowest BCUT2D eigenvalue weighted by Gasteiger charge is -2.10. The molecule has 0 saturated carbocycles. The second kappa shape index (κ2) is 31.0. The van der Waals surface area contributed by atoms with Gasteiger partial charge in [-0.25, -0.2) is 0 Å². The van der Waals surface area contributed by atoms with Gasteiger partial charge in [0.2, 0.25) is 0 Å². The van der Waals surface area contributed by atoms with E-state index < -0.39 is 11.9 Å². The summed E-state index contributed by atoms with van der Waals surface area (Å²) < 4.78 is 0. The number of hydrogen-bond acceptors (Lipinski definition) is 4. The fourth-order valence-corrected chi connectivity index (χ4v) is 3.10. The van der Waals surface area contributed by atoms with Crippen molar-refractivity contribution >= 4 is 11.9 Å². The van der Waals surface area contributed by atoms with Crippen LogP contribution in [-0.2, 0) is 9.59 Å². The van der Waals surface area contributed by atoms with Gasteiger partial charge in [-0.3, -0.25) is 9.59 Å². The first-order valence-electron chi connectivity index (χ1n) is 12.7. The van der Waals surface area contributed by atoms with E-state index >= 15 is 0 Å². The minimum absolute atomic E-state index is 0.200. The average molecular weight is 447 g/mol. The third-order valence-electron chi connectivity index (χ3n) is 4.88. The van der Waals surface area contributed by atoms with Crippen molar-refractivity contribution in [2.45, 2.75) is 143 Å². The van der Waals surface area contributed by atoms with Crippen LogP contribution in [0.25, 0.3) is 0 Å². The summed E-state index contributed by atoms with van der Waals surface area (Å²) in [5.74, 6) is -1.67. The van der Waals surface area contributed by atoms with Gasteiger partial charge in [-0.2, -0.15) is 0 Å². The summed E-state index contributed by atoms with van der Waals surface area (Å²) >= 11 is 0. The molecule has 31 heavy (non-hydrogen) atoms. The Morgan fingerprint density at radius 1 is 0.645 bits per heavy atom. The Morgan fingerprint density at radius 2 is 0.903 bits per heavy atom. The monoisotopic (exact) mass is 446 g/mol. The number of carbonyl (C=O) groups is 2. The Hall–Kier alpha value is -1.14. The highest BCUT2D eigenvalue weighted by molar-refractivity contribution is 5.63. The number of unbranched alkanes of at least 4 members (excludes halogenated alkanes) is 15. The molecule has 0 fully saturated rings. The molecule has 6 nitrogen and oxygen atoms in total. The Kier molecular flexibility index (Phi) is 34.5. The average Bonchev–Trinajstić information content (AvgIpc) is 2.69. The van der Waals surface area contributed by atoms with Crippen molar-refractivity contribution in [1.29, 1.82) is 0 Å². The number of carboxylic acid groups (broad SMARTS) is 2. The van der Waals surface area contributed by atoms with E-state index in [9.17, 15) is 0 Å². The maximum atomic E-state index is 9.00. The highest BCUT2D eigenvalue weighted by Gasteiger charge is 1.97. The fourth-order valence-electron chi connectivity index (χ4n) is 3.10. The standard InChI is InChI=1S/C21H46N2.2C2H4O2/c1-3-5-6-7-8-9-10-11-12-13-14-15-16-17-18-19-20-23-21(22)4-2;2*1-2(3)4/h21,23H,3-20,22H2,1-2H3;2*1H3,(H,3,4). The molecular weight excluding hydrogens is 392 g/mol. The largest absolute Gasteiger partial charge is 0.481 e. The molecule has 0 heterocycles. The van der Waals surface area contributed by atoms with Gasteiger partial charge >= 0.3 is 0 Å². The molecule has 1 unspecified atom stereocenters. The summed E-state index contributed by atoms with van der Waals surface area (Å²) in [7, 11) is 0. The SMILES string of the molecule is CC(=O)O.CC(=O)O.CCCCCCCCCCCCCCCCCCNC(N)CC. The van der Waals surface area contributed by atoms with Crippen LogP contribution in [-0.4, -0.2) is 34.9 Å². The van der Waals surface area contributed by atoms with Crippen LogP contribution in [0.3, 0.4) is 0 Å². The van der Waals surface area contributed by atoms with E-state index in [-0.39, 0.29) is 6.17 Å². The second-order valence-corrected chi connectivity index (χ2v) is 8.31. The van der Waals surface area contributed by atoms with Crippen molar-refractivity contribution < 1.29 is 19.8 Å². The van der Waals surface area contributed by atoms with Crippen LogP contribution in [0.15, 0.2) is 0 Å². The molecule has 0 amide bonds. The molecule has 0 radical (unpaired) electrons. The Morgan fingerprint density at radius 3 is 1.16 bits per heavy atom. The third kappa shape index (κ3) is 52.8. The van der Waals surface area contributed by atoms with Gasteiger partial charge < -0.3 is 21.3 Å². The zero-order chi connectivity index (χ0) is 24.2. The molecule has 0 aliphatic carbocycles. The molecular formula is C25H54N2O4. The predicted octanol–water partition coefficient (Wildman–Crippen LogP) is 6.71.